The van der Waals surface area contributed by atoms with Crippen molar-refractivity contribution in [1.29, 1.82) is 0 Å². The molecule has 0 aliphatic carbocycles. The largest absolute Gasteiger partial charge is 0.390 e. The van der Waals surface area contributed by atoms with Crippen molar-refractivity contribution in [3.05, 3.63) is 12.6 Å². The van der Waals surface area contributed by atoms with Crippen molar-refractivity contribution < 1.29 is 17.4 Å². The number of aryl methyl sites for hydroxylation is 1. The molecule has 56 valence electrons. The topological polar surface area (TPSA) is 77.2 Å². The Bertz CT molecular complexity index is 326. The molecule has 0 bridgehead atoms. The van der Waals surface area contributed by atoms with Crippen LogP contribution in [-0.4, -0.2) is 8.42 Å². The van der Waals surface area contributed by atoms with E-state index in [0.29, 0.717) is 0 Å². The van der Waals surface area contributed by atoms with E-state index in [2.05, 4.69) is 4.42 Å². The van der Waals surface area contributed by atoms with Gasteiger partial charge in [0.1, 0.15) is 7.05 Å². The van der Waals surface area contributed by atoms with Crippen LogP contribution in [-0.2, 0) is 17.1 Å². The van der Waals surface area contributed by atoms with Gasteiger partial charge in [0.2, 0.25) is 6.20 Å². The van der Waals surface area contributed by atoms with E-state index in [9.17, 15) is 8.42 Å². The van der Waals surface area contributed by atoms with E-state index in [4.69, 9.17) is 5.14 Å². The van der Waals surface area contributed by atoms with Gasteiger partial charge in [-0.2, -0.15) is 4.57 Å². The maximum Gasteiger partial charge on any atom is 0.335 e. The Hall–Kier alpha value is -0.880. The third-order valence-corrected chi connectivity index (χ3v) is 1.69. The number of hydrogen-bond acceptors (Lipinski definition) is 3. The highest BCUT2D eigenvalue weighted by Crippen LogP contribution is 2.00. The predicted molar refractivity (Wildman–Crippen MR) is 31.3 cm³/mol. The molecule has 5 nitrogen and oxygen atoms in total. The van der Waals surface area contributed by atoms with Crippen molar-refractivity contribution in [2.45, 2.75) is 5.09 Å². The van der Waals surface area contributed by atoms with Gasteiger partial charge in [0.25, 0.3) is 10.0 Å². The van der Waals surface area contributed by atoms with Crippen LogP contribution in [0, 0.1) is 0 Å². The Morgan fingerprint density at radius 1 is 1.70 bits per heavy atom. The molecule has 2 N–H and O–H groups in total. The minimum absolute atomic E-state index is 0.227. The monoisotopic (exact) mass is 163 g/mol. The van der Waals surface area contributed by atoms with E-state index in [0.717, 1.165) is 0 Å². The highest BCUT2D eigenvalue weighted by atomic mass is 32.2. The lowest BCUT2D eigenvalue weighted by Gasteiger charge is -1.82. The number of oxazole rings is 1. The Morgan fingerprint density at radius 2 is 2.30 bits per heavy atom. The molecule has 0 radical (unpaired) electrons. The van der Waals surface area contributed by atoms with E-state index in [1.807, 2.05) is 0 Å². The summed E-state index contributed by atoms with van der Waals surface area (Å²) in [6.45, 7) is 0. The van der Waals surface area contributed by atoms with Crippen molar-refractivity contribution >= 4 is 10.0 Å². The molecule has 10 heavy (non-hydrogen) atoms. The Balaban J connectivity index is 3.21. The lowest BCUT2D eigenvalue weighted by atomic mass is 10.9. The average molecular weight is 163 g/mol. The molecule has 0 aliphatic heterocycles. The molecular formula is C4H7N2O3S+. The SMILES string of the molecule is C[n+]1coc(S(N)(=O)=O)c1. The second-order valence-corrected chi connectivity index (χ2v) is 3.37. The lowest BCUT2D eigenvalue weighted by Crippen LogP contribution is -2.23. The Labute approximate surface area is 58.1 Å². The summed E-state index contributed by atoms with van der Waals surface area (Å²) in [5.74, 6) is 0. The van der Waals surface area contributed by atoms with Gasteiger partial charge in [-0.25, -0.2) is 13.6 Å². The summed E-state index contributed by atoms with van der Waals surface area (Å²) in [5, 5.41) is 4.51. The number of primary sulfonamides is 1. The fourth-order valence-corrected chi connectivity index (χ4v) is 0.993. The van der Waals surface area contributed by atoms with Crippen molar-refractivity contribution in [2.24, 2.45) is 12.2 Å². The number of nitrogens with two attached hydrogens (primary N) is 1. The second kappa shape index (κ2) is 2.06. The maximum absolute atomic E-state index is 10.5. The summed E-state index contributed by atoms with van der Waals surface area (Å²) in [6.07, 6.45) is 2.54. The molecular weight excluding hydrogens is 156 g/mol. The fraction of sp³-hybridized carbons (Fsp3) is 0.250. The first-order valence-electron chi connectivity index (χ1n) is 2.47. The molecule has 0 amide bonds. The number of nitrogens with zero attached hydrogens (tertiary/aromatic N) is 1. The summed E-state index contributed by atoms with van der Waals surface area (Å²) < 4.78 is 27.1. The van der Waals surface area contributed by atoms with Crippen LogP contribution in [0.25, 0.3) is 0 Å². The smallest absolute Gasteiger partial charge is 0.335 e. The van der Waals surface area contributed by atoms with Gasteiger partial charge in [-0.1, -0.05) is 0 Å². The zero-order chi connectivity index (χ0) is 7.78. The molecule has 0 aliphatic rings. The summed E-state index contributed by atoms with van der Waals surface area (Å²) in [7, 11) is -2.03. The number of rotatable bonds is 1. The standard InChI is InChI=1S/C4H7N2O3S/c1-6-2-4(9-3-6)10(5,7)8/h2-3H,1H3,(H2,5,7,8)/q+1. The number of aromatic nitrogens is 1. The van der Waals surface area contributed by atoms with E-state index in [-0.39, 0.29) is 5.09 Å². The molecule has 1 heterocycles. The van der Waals surface area contributed by atoms with Gasteiger partial charge in [-0.15, -0.1) is 0 Å². The Morgan fingerprint density at radius 3 is 2.50 bits per heavy atom. The molecule has 1 aromatic heterocycles. The van der Waals surface area contributed by atoms with Crippen LogP contribution in [0.15, 0.2) is 22.1 Å². The first kappa shape index (κ1) is 7.23. The summed E-state index contributed by atoms with van der Waals surface area (Å²) in [6, 6.07) is 0. The summed E-state index contributed by atoms with van der Waals surface area (Å²) >= 11 is 0. The molecule has 0 fully saturated rings. The Kier molecular flexibility index (Phi) is 1.49. The van der Waals surface area contributed by atoms with Crippen LogP contribution in [0.4, 0.5) is 0 Å². The lowest BCUT2D eigenvalue weighted by molar-refractivity contribution is -0.675. The number of hydrogen-bond donors (Lipinski definition) is 1. The van der Waals surface area contributed by atoms with Crippen LogP contribution in [0.3, 0.4) is 0 Å². The second-order valence-electron chi connectivity index (χ2n) is 1.88. The molecule has 1 aromatic rings. The van der Waals surface area contributed by atoms with E-state index < -0.39 is 10.0 Å². The zero-order valence-corrected chi connectivity index (χ0v) is 6.13. The van der Waals surface area contributed by atoms with Gasteiger partial charge in [-0.05, 0) is 0 Å². The molecule has 0 saturated heterocycles. The van der Waals surface area contributed by atoms with Crippen molar-refractivity contribution in [1.82, 2.24) is 0 Å². The van der Waals surface area contributed by atoms with E-state index >= 15 is 0 Å². The van der Waals surface area contributed by atoms with Gasteiger partial charge in [0, 0.05) is 0 Å². The van der Waals surface area contributed by atoms with Gasteiger partial charge in [-0.3, -0.25) is 0 Å². The maximum atomic E-state index is 10.5. The third kappa shape index (κ3) is 1.34. The highest BCUT2D eigenvalue weighted by molar-refractivity contribution is 7.89. The van der Waals surface area contributed by atoms with Gasteiger partial charge in [0.05, 0.1) is 0 Å². The minimum Gasteiger partial charge on any atom is -0.390 e. The van der Waals surface area contributed by atoms with Crippen molar-refractivity contribution in [2.75, 3.05) is 0 Å². The number of sulfonamides is 1. The molecule has 1 rings (SSSR count). The van der Waals surface area contributed by atoms with Crippen molar-refractivity contribution in [3.8, 4) is 0 Å². The van der Waals surface area contributed by atoms with Crippen molar-refractivity contribution in [3.63, 3.8) is 0 Å². The van der Waals surface area contributed by atoms with Gasteiger partial charge >= 0.3 is 11.5 Å². The molecule has 0 spiro atoms. The molecule has 0 aromatic carbocycles. The molecule has 0 atom stereocenters. The van der Waals surface area contributed by atoms with Crippen LogP contribution < -0.4 is 9.71 Å². The average Bonchev–Trinajstić information content (AvgIpc) is 2.11. The van der Waals surface area contributed by atoms with Crippen LogP contribution >= 0.6 is 0 Å². The van der Waals surface area contributed by atoms with E-state index in [1.54, 1.807) is 7.05 Å². The highest BCUT2D eigenvalue weighted by Gasteiger charge is 2.16. The minimum atomic E-state index is -3.67. The summed E-state index contributed by atoms with van der Waals surface area (Å²) in [5.41, 5.74) is 0. The first-order valence-corrected chi connectivity index (χ1v) is 4.01. The fourth-order valence-electron chi connectivity index (χ4n) is 0.503. The van der Waals surface area contributed by atoms with Crippen LogP contribution in [0.5, 0.6) is 0 Å². The molecule has 6 heteroatoms. The van der Waals surface area contributed by atoms with Crippen LogP contribution in [0.2, 0.25) is 0 Å². The quantitative estimate of drug-likeness (QED) is 0.525. The molecule has 0 saturated carbocycles. The van der Waals surface area contributed by atoms with Gasteiger partial charge < -0.3 is 4.42 Å². The van der Waals surface area contributed by atoms with Gasteiger partial charge in [0.15, 0.2) is 0 Å². The van der Waals surface area contributed by atoms with E-state index in [1.165, 1.54) is 17.2 Å². The summed E-state index contributed by atoms with van der Waals surface area (Å²) in [4.78, 5) is 0. The first-order chi connectivity index (χ1) is 4.50. The third-order valence-electron chi connectivity index (χ3n) is 0.925. The molecule has 0 unspecified atom stereocenters. The zero-order valence-electron chi connectivity index (χ0n) is 5.31. The normalized spacial score (nSPS) is 11.8. The van der Waals surface area contributed by atoms with Crippen LogP contribution in [0.1, 0.15) is 0 Å². The predicted octanol–water partition coefficient (Wildman–Crippen LogP) is -1.25.